The molecule has 0 amide bonds. The van der Waals surface area contributed by atoms with Crippen LogP contribution in [0.25, 0.3) is 11.3 Å². The molecule has 140 valence electrons. The van der Waals surface area contributed by atoms with Gasteiger partial charge >= 0.3 is 0 Å². The second-order valence-electron chi connectivity index (χ2n) is 5.78. The third kappa shape index (κ3) is 4.38. The minimum Gasteiger partial charge on any atom is -0.496 e. The zero-order chi connectivity index (χ0) is 19.2. The fourth-order valence-corrected chi connectivity index (χ4v) is 3.58. The minimum absolute atomic E-state index is 0.163. The highest BCUT2D eigenvalue weighted by atomic mass is 32.1. The standard InChI is InChI=1S/C20H22N4O2S/c1-13-18(14-8-5-4-6-9-14)23-20(27-13)24-19(21)22-12-15-16(25-2)10-7-11-17(15)26-3/h4-11H,12H2,1-3H3,(H3,21,22,23,24). The van der Waals surface area contributed by atoms with Crippen LogP contribution in [0.2, 0.25) is 0 Å². The predicted octanol–water partition coefficient (Wildman–Crippen LogP) is 4.27. The Labute approximate surface area is 162 Å². The number of benzene rings is 2. The van der Waals surface area contributed by atoms with Crippen LogP contribution in [0.3, 0.4) is 0 Å². The first-order valence-electron chi connectivity index (χ1n) is 8.44. The number of aryl methyl sites for hydroxylation is 1. The molecule has 3 aromatic rings. The Kier molecular flexibility index (Phi) is 5.93. The third-order valence-electron chi connectivity index (χ3n) is 4.05. The molecule has 1 aromatic heterocycles. The molecule has 3 N–H and O–H groups in total. The van der Waals surface area contributed by atoms with Crippen LogP contribution in [0, 0.1) is 12.3 Å². The summed E-state index contributed by atoms with van der Waals surface area (Å²) >= 11 is 1.52. The Balaban J connectivity index is 1.67. The average molecular weight is 382 g/mol. The normalized spacial score (nSPS) is 10.3. The molecule has 2 aromatic carbocycles. The number of nitrogens with one attached hydrogen (secondary N) is 3. The summed E-state index contributed by atoms with van der Waals surface area (Å²) in [5, 5.41) is 14.9. The van der Waals surface area contributed by atoms with Gasteiger partial charge in [0.2, 0.25) is 0 Å². The number of ether oxygens (including phenoxy) is 2. The van der Waals surface area contributed by atoms with Crippen LogP contribution >= 0.6 is 11.3 Å². The van der Waals surface area contributed by atoms with Crippen molar-refractivity contribution in [3.8, 4) is 22.8 Å². The zero-order valence-corrected chi connectivity index (χ0v) is 16.3. The lowest BCUT2D eigenvalue weighted by atomic mass is 10.1. The number of hydrogen-bond donors (Lipinski definition) is 3. The average Bonchev–Trinajstić information content (AvgIpc) is 3.06. The molecule has 27 heavy (non-hydrogen) atoms. The lowest BCUT2D eigenvalue weighted by Crippen LogP contribution is -2.29. The molecule has 0 bridgehead atoms. The number of aromatic nitrogens is 1. The highest BCUT2D eigenvalue weighted by molar-refractivity contribution is 7.16. The summed E-state index contributed by atoms with van der Waals surface area (Å²) in [7, 11) is 3.23. The Morgan fingerprint density at radius 2 is 1.70 bits per heavy atom. The van der Waals surface area contributed by atoms with E-state index in [0.717, 1.165) is 21.7 Å². The molecule has 0 radical (unpaired) electrons. The van der Waals surface area contributed by atoms with Gasteiger partial charge in [0.1, 0.15) is 11.5 Å². The molecule has 6 nitrogen and oxygen atoms in total. The molecule has 7 heteroatoms. The first-order chi connectivity index (χ1) is 13.1. The van der Waals surface area contributed by atoms with Gasteiger partial charge in [0, 0.05) is 10.4 Å². The van der Waals surface area contributed by atoms with E-state index < -0.39 is 0 Å². The van der Waals surface area contributed by atoms with Gasteiger partial charge in [0.15, 0.2) is 11.1 Å². The molecule has 0 unspecified atom stereocenters. The second kappa shape index (κ2) is 8.55. The quantitative estimate of drug-likeness (QED) is 0.438. The molecular weight excluding hydrogens is 360 g/mol. The van der Waals surface area contributed by atoms with Gasteiger partial charge in [-0.3, -0.25) is 5.41 Å². The summed E-state index contributed by atoms with van der Waals surface area (Å²) in [4.78, 5) is 5.72. The fourth-order valence-electron chi connectivity index (χ4n) is 2.74. The summed E-state index contributed by atoms with van der Waals surface area (Å²) in [6.07, 6.45) is 0. The van der Waals surface area contributed by atoms with Gasteiger partial charge in [-0.2, -0.15) is 0 Å². The van der Waals surface area contributed by atoms with Gasteiger partial charge in [0.25, 0.3) is 0 Å². The second-order valence-corrected chi connectivity index (χ2v) is 6.99. The minimum atomic E-state index is 0.163. The van der Waals surface area contributed by atoms with Gasteiger partial charge in [0.05, 0.1) is 32.0 Å². The van der Waals surface area contributed by atoms with Crippen molar-refractivity contribution in [2.75, 3.05) is 19.5 Å². The number of rotatable bonds is 6. The van der Waals surface area contributed by atoms with Crippen molar-refractivity contribution in [2.24, 2.45) is 0 Å². The molecule has 1 heterocycles. The van der Waals surface area contributed by atoms with Crippen LogP contribution in [0.1, 0.15) is 10.4 Å². The van der Waals surface area contributed by atoms with Crippen LogP contribution < -0.4 is 20.1 Å². The molecule has 0 saturated carbocycles. The van der Waals surface area contributed by atoms with Crippen LogP contribution in [-0.4, -0.2) is 25.2 Å². The van der Waals surface area contributed by atoms with Crippen molar-refractivity contribution in [3.63, 3.8) is 0 Å². The van der Waals surface area contributed by atoms with Crippen molar-refractivity contribution >= 4 is 22.4 Å². The van der Waals surface area contributed by atoms with E-state index in [1.165, 1.54) is 11.3 Å². The van der Waals surface area contributed by atoms with Gasteiger partial charge in [-0.1, -0.05) is 36.4 Å². The van der Waals surface area contributed by atoms with E-state index in [-0.39, 0.29) is 5.96 Å². The lowest BCUT2D eigenvalue weighted by Gasteiger charge is -2.14. The Morgan fingerprint density at radius 1 is 1.04 bits per heavy atom. The smallest absolute Gasteiger partial charge is 0.195 e. The summed E-state index contributed by atoms with van der Waals surface area (Å²) in [5.41, 5.74) is 2.86. The van der Waals surface area contributed by atoms with E-state index in [4.69, 9.17) is 14.9 Å². The van der Waals surface area contributed by atoms with Crippen LogP contribution in [-0.2, 0) is 6.54 Å². The maximum Gasteiger partial charge on any atom is 0.195 e. The maximum absolute atomic E-state index is 8.18. The van der Waals surface area contributed by atoms with E-state index in [9.17, 15) is 0 Å². The van der Waals surface area contributed by atoms with E-state index >= 15 is 0 Å². The maximum atomic E-state index is 8.18. The predicted molar refractivity (Wildman–Crippen MR) is 110 cm³/mol. The first kappa shape index (κ1) is 18.7. The Morgan fingerprint density at radius 3 is 2.33 bits per heavy atom. The fraction of sp³-hybridized carbons (Fsp3) is 0.200. The summed E-state index contributed by atoms with van der Waals surface area (Å²) in [6, 6.07) is 15.6. The van der Waals surface area contributed by atoms with E-state index in [1.54, 1.807) is 14.2 Å². The number of hydrogen-bond acceptors (Lipinski definition) is 5. The van der Waals surface area contributed by atoms with Gasteiger partial charge in [-0.15, -0.1) is 11.3 Å². The highest BCUT2D eigenvalue weighted by Crippen LogP contribution is 2.30. The molecule has 0 spiro atoms. The van der Waals surface area contributed by atoms with E-state index in [1.807, 2.05) is 55.5 Å². The van der Waals surface area contributed by atoms with Gasteiger partial charge in [-0.25, -0.2) is 4.98 Å². The summed E-state index contributed by atoms with van der Waals surface area (Å²) in [5.74, 6) is 1.59. The molecule has 0 fully saturated rings. The molecule has 0 aliphatic rings. The monoisotopic (exact) mass is 382 g/mol. The molecule has 0 aliphatic heterocycles. The van der Waals surface area contributed by atoms with E-state index in [2.05, 4.69) is 15.6 Å². The number of methoxy groups -OCH3 is 2. The highest BCUT2D eigenvalue weighted by Gasteiger charge is 2.13. The Hall–Kier alpha value is -3.06. The molecule has 3 rings (SSSR count). The number of guanidine groups is 1. The molecule has 0 atom stereocenters. The summed E-state index contributed by atoms with van der Waals surface area (Å²) in [6.45, 7) is 2.43. The SMILES string of the molecule is COc1cccc(OC)c1CNC(=N)Nc1nc(-c2ccccc2)c(C)s1. The van der Waals surface area contributed by atoms with Crippen molar-refractivity contribution in [1.29, 1.82) is 5.41 Å². The zero-order valence-electron chi connectivity index (χ0n) is 15.5. The van der Waals surface area contributed by atoms with Crippen molar-refractivity contribution in [3.05, 3.63) is 59.0 Å². The number of thiazole rings is 1. The van der Waals surface area contributed by atoms with E-state index in [0.29, 0.717) is 23.2 Å². The molecule has 0 saturated heterocycles. The van der Waals surface area contributed by atoms with Crippen LogP contribution in [0.5, 0.6) is 11.5 Å². The lowest BCUT2D eigenvalue weighted by molar-refractivity contribution is 0.384. The van der Waals surface area contributed by atoms with Crippen LogP contribution in [0.15, 0.2) is 48.5 Å². The largest absolute Gasteiger partial charge is 0.496 e. The topological polar surface area (TPSA) is 79.3 Å². The van der Waals surface area contributed by atoms with Gasteiger partial charge < -0.3 is 20.1 Å². The first-order valence-corrected chi connectivity index (χ1v) is 9.26. The third-order valence-corrected chi connectivity index (χ3v) is 4.93. The van der Waals surface area contributed by atoms with Crippen LogP contribution in [0.4, 0.5) is 5.13 Å². The number of nitrogens with zero attached hydrogens (tertiary/aromatic N) is 1. The molecule has 0 aliphatic carbocycles. The number of anilines is 1. The molecular formula is C20H22N4O2S. The van der Waals surface area contributed by atoms with Crippen molar-refractivity contribution < 1.29 is 9.47 Å². The van der Waals surface area contributed by atoms with Crippen molar-refractivity contribution in [1.82, 2.24) is 10.3 Å². The van der Waals surface area contributed by atoms with Crippen molar-refractivity contribution in [2.45, 2.75) is 13.5 Å². The van der Waals surface area contributed by atoms with Gasteiger partial charge in [-0.05, 0) is 19.1 Å². The Bertz CT molecular complexity index is 903. The summed E-state index contributed by atoms with van der Waals surface area (Å²) < 4.78 is 10.8.